The van der Waals surface area contributed by atoms with Gasteiger partial charge in [-0.05, 0) is 36.9 Å². The third kappa shape index (κ3) is 4.01. The van der Waals surface area contributed by atoms with Gasteiger partial charge in [-0.15, -0.1) is 6.58 Å². The second kappa shape index (κ2) is 5.50. The molecule has 1 unspecified atom stereocenters. The van der Waals surface area contributed by atoms with Gasteiger partial charge in [-0.3, -0.25) is 0 Å². The summed E-state index contributed by atoms with van der Waals surface area (Å²) in [5.74, 6) is 0. The molecule has 0 heterocycles. The van der Waals surface area contributed by atoms with Gasteiger partial charge < -0.3 is 5.32 Å². The van der Waals surface area contributed by atoms with E-state index >= 15 is 0 Å². The maximum atomic E-state index is 3.99. The molecule has 17 heavy (non-hydrogen) atoms. The smallest absolute Gasteiger partial charge is 0.0354 e. The van der Waals surface area contributed by atoms with Crippen molar-refractivity contribution in [3.63, 3.8) is 0 Å². The molecule has 0 saturated carbocycles. The molecule has 1 N–H and O–H groups in total. The first-order chi connectivity index (χ1) is 7.84. The lowest BCUT2D eigenvalue weighted by Crippen LogP contribution is -2.17. The minimum atomic E-state index is 0.224. The zero-order valence-electron chi connectivity index (χ0n) is 11.8. The van der Waals surface area contributed by atoms with E-state index in [0.717, 1.165) is 6.42 Å². The van der Waals surface area contributed by atoms with Crippen LogP contribution in [0.3, 0.4) is 0 Å². The number of benzene rings is 1. The minimum Gasteiger partial charge on any atom is -0.313 e. The summed E-state index contributed by atoms with van der Waals surface area (Å²) in [7, 11) is 2.01. The van der Waals surface area contributed by atoms with E-state index in [1.54, 1.807) is 0 Å². The Labute approximate surface area is 106 Å². The lowest BCUT2D eigenvalue weighted by molar-refractivity contribution is 0.579. The Morgan fingerprint density at radius 1 is 1.24 bits per heavy atom. The summed E-state index contributed by atoms with van der Waals surface area (Å²) in [6.45, 7) is 12.8. The maximum absolute atomic E-state index is 3.99. The van der Waals surface area contributed by atoms with Crippen molar-refractivity contribution in [1.82, 2.24) is 5.32 Å². The fraction of sp³-hybridized carbons (Fsp3) is 0.500. The zero-order valence-corrected chi connectivity index (χ0v) is 11.8. The molecule has 0 radical (unpaired) electrons. The topological polar surface area (TPSA) is 12.0 Å². The van der Waals surface area contributed by atoms with Gasteiger partial charge in [-0.25, -0.2) is 0 Å². The fourth-order valence-corrected chi connectivity index (χ4v) is 1.95. The van der Waals surface area contributed by atoms with Crippen molar-refractivity contribution >= 4 is 0 Å². The van der Waals surface area contributed by atoms with E-state index in [4.69, 9.17) is 0 Å². The summed E-state index contributed by atoms with van der Waals surface area (Å²) in [6.07, 6.45) is 0.991. The third-order valence-corrected chi connectivity index (χ3v) is 3.08. The van der Waals surface area contributed by atoms with E-state index < -0.39 is 0 Å². The van der Waals surface area contributed by atoms with Gasteiger partial charge in [0, 0.05) is 6.04 Å². The molecular weight excluding hydrogens is 206 g/mol. The van der Waals surface area contributed by atoms with E-state index in [1.807, 2.05) is 7.05 Å². The molecule has 0 aromatic heterocycles. The van der Waals surface area contributed by atoms with Crippen molar-refractivity contribution in [1.29, 1.82) is 0 Å². The summed E-state index contributed by atoms with van der Waals surface area (Å²) in [5.41, 5.74) is 4.15. The average molecular weight is 231 g/mol. The Balaban J connectivity index is 2.89. The van der Waals surface area contributed by atoms with Crippen molar-refractivity contribution in [3.05, 3.63) is 47.5 Å². The molecule has 94 valence electrons. The molecular formula is C16H25N. The highest BCUT2D eigenvalue weighted by atomic mass is 14.9. The van der Waals surface area contributed by atoms with Gasteiger partial charge >= 0.3 is 0 Å². The van der Waals surface area contributed by atoms with Crippen LogP contribution in [0.25, 0.3) is 0 Å². The zero-order chi connectivity index (χ0) is 13.1. The molecule has 1 aromatic carbocycles. The Hall–Kier alpha value is -1.08. The Kier molecular flexibility index (Phi) is 4.53. The number of hydrogen-bond donors (Lipinski definition) is 1. The second-order valence-corrected chi connectivity index (χ2v) is 5.87. The average Bonchev–Trinajstić information content (AvgIpc) is 2.24. The monoisotopic (exact) mass is 231 g/mol. The first-order valence-corrected chi connectivity index (χ1v) is 6.26. The van der Waals surface area contributed by atoms with Crippen molar-refractivity contribution in [2.24, 2.45) is 0 Å². The Morgan fingerprint density at radius 3 is 2.12 bits per heavy atom. The summed E-state index contributed by atoms with van der Waals surface area (Å²) >= 11 is 0. The van der Waals surface area contributed by atoms with E-state index in [2.05, 4.69) is 63.9 Å². The Bertz CT molecular complexity index is 368. The molecule has 0 saturated heterocycles. The van der Waals surface area contributed by atoms with Gasteiger partial charge in [0.25, 0.3) is 0 Å². The van der Waals surface area contributed by atoms with Crippen molar-refractivity contribution < 1.29 is 0 Å². The Morgan fingerprint density at radius 2 is 1.76 bits per heavy atom. The summed E-state index contributed by atoms with van der Waals surface area (Å²) in [4.78, 5) is 0. The molecule has 0 aliphatic rings. The third-order valence-electron chi connectivity index (χ3n) is 3.08. The standard InChI is InChI=1S/C16H25N/c1-12(2)11-15(17-6)13-7-9-14(10-8-13)16(3,4)5/h7-10,15,17H,1,11H2,2-6H3. The first kappa shape index (κ1) is 14.0. The fourth-order valence-electron chi connectivity index (χ4n) is 1.95. The van der Waals surface area contributed by atoms with Crippen LogP contribution in [0.2, 0.25) is 0 Å². The first-order valence-electron chi connectivity index (χ1n) is 6.26. The molecule has 0 amide bonds. The lowest BCUT2D eigenvalue weighted by Gasteiger charge is -2.21. The van der Waals surface area contributed by atoms with Crippen LogP contribution in [0.4, 0.5) is 0 Å². The molecule has 0 fully saturated rings. The molecule has 0 bridgehead atoms. The highest BCUT2D eigenvalue weighted by Gasteiger charge is 2.14. The van der Waals surface area contributed by atoms with Crippen molar-refractivity contribution in [2.75, 3.05) is 7.05 Å². The molecule has 1 rings (SSSR count). The molecule has 1 atom stereocenters. The van der Waals surface area contributed by atoms with Crippen LogP contribution in [0.15, 0.2) is 36.4 Å². The normalized spacial score (nSPS) is 13.5. The lowest BCUT2D eigenvalue weighted by atomic mass is 9.86. The predicted molar refractivity (Wildman–Crippen MR) is 76.4 cm³/mol. The number of rotatable bonds is 4. The highest BCUT2D eigenvalue weighted by Crippen LogP contribution is 2.25. The van der Waals surface area contributed by atoms with Gasteiger partial charge in [-0.1, -0.05) is 50.6 Å². The SMILES string of the molecule is C=C(C)CC(NC)c1ccc(C(C)(C)C)cc1. The summed E-state index contributed by atoms with van der Waals surface area (Å²) < 4.78 is 0. The van der Waals surface area contributed by atoms with Crippen LogP contribution in [0, 0.1) is 0 Å². The van der Waals surface area contributed by atoms with Gasteiger partial charge in [0.1, 0.15) is 0 Å². The van der Waals surface area contributed by atoms with Crippen LogP contribution >= 0.6 is 0 Å². The van der Waals surface area contributed by atoms with Gasteiger partial charge in [0.05, 0.1) is 0 Å². The summed E-state index contributed by atoms with van der Waals surface area (Å²) in [5, 5.41) is 3.35. The van der Waals surface area contributed by atoms with Crippen LogP contribution < -0.4 is 5.32 Å². The van der Waals surface area contributed by atoms with Gasteiger partial charge in [-0.2, -0.15) is 0 Å². The quantitative estimate of drug-likeness (QED) is 0.765. The van der Waals surface area contributed by atoms with Crippen molar-refractivity contribution in [3.8, 4) is 0 Å². The number of hydrogen-bond acceptors (Lipinski definition) is 1. The summed E-state index contributed by atoms with van der Waals surface area (Å²) in [6, 6.07) is 9.30. The van der Waals surface area contributed by atoms with E-state index in [9.17, 15) is 0 Å². The second-order valence-electron chi connectivity index (χ2n) is 5.87. The van der Waals surface area contributed by atoms with E-state index in [0.29, 0.717) is 6.04 Å². The predicted octanol–water partition coefficient (Wildman–Crippen LogP) is 4.21. The van der Waals surface area contributed by atoms with Crippen LogP contribution in [-0.4, -0.2) is 7.05 Å². The maximum Gasteiger partial charge on any atom is 0.0354 e. The van der Waals surface area contributed by atoms with Crippen LogP contribution in [-0.2, 0) is 5.41 Å². The molecule has 0 aliphatic heterocycles. The van der Waals surface area contributed by atoms with Crippen LogP contribution in [0.1, 0.15) is 51.3 Å². The largest absolute Gasteiger partial charge is 0.313 e. The molecule has 0 spiro atoms. The molecule has 1 aromatic rings. The minimum absolute atomic E-state index is 0.224. The molecule has 1 nitrogen and oxygen atoms in total. The van der Waals surface area contributed by atoms with Crippen LogP contribution in [0.5, 0.6) is 0 Å². The molecule has 1 heteroatoms. The van der Waals surface area contributed by atoms with Crippen molar-refractivity contribution in [2.45, 2.75) is 45.6 Å². The van der Waals surface area contributed by atoms with E-state index in [-0.39, 0.29) is 5.41 Å². The number of nitrogens with one attached hydrogen (secondary N) is 1. The van der Waals surface area contributed by atoms with Gasteiger partial charge in [0.2, 0.25) is 0 Å². The van der Waals surface area contributed by atoms with E-state index in [1.165, 1.54) is 16.7 Å². The molecule has 0 aliphatic carbocycles. The highest BCUT2D eigenvalue weighted by molar-refractivity contribution is 5.29. The van der Waals surface area contributed by atoms with Gasteiger partial charge in [0.15, 0.2) is 0 Å².